The molecule has 2 aromatic rings. The fourth-order valence-corrected chi connectivity index (χ4v) is 3.48. The molecule has 1 aliphatic heterocycles. The predicted molar refractivity (Wildman–Crippen MR) is 94.8 cm³/mol. The number of nitrogens with two attached hydrogens (primary N) is 1. The zero-order valence-corrected chi connectivity index (χ0v) is 15.1. The number of likely N-dealkylation sites (tertiary alicyclic amines) is 1. The number of aryl methyl sites for hydroxylation is 1. The van der Waals surface area contributed by atoms with Crippen molar-refractivity contribution in [3.05, 3.63) is 34.0 Å². The molecule has 0 spiro atoms. The van der Waals surface area contributed by atoms with Gasteiger partial charge in [-0.2, -0.15) is 0 Å². The fraction of sp³-hybridized carbons (Fsp3) is 0.412. The van der Waals surface area contributed by atoms with Crippen molar-refractivity contribution < 1.29 is 14.0 Å². The van der Waals surface area contributed by atoms with Crippen molar-refractivity contribution in [2.24, 2.45) is 5.73 Å². The third kappa shape index (κ3) is 3.62. The van der Waals surface area contributed by atoms with Crippen molar-refractivity contribution in [3.63, 3.8) is 0 Å². The number of primary amides is 1. The highest BCUT2D eigenvalue weighted by atomic mass is 79.9. The smallest absolute Gasteiger partial charge is 0.287 e. The number of furan rings is 1. The highest BCUT2D eigenvalue weighted by Gasteiger charge is 2.24. The molecule has 1 aromatic heterocycles. The van der Waals surface area contributed by atoms with Crippen LogP contribution in [0.5, 0.6) is 0 Å². The lowest BCUT2D eigenvalue weighted by atomic mass is 10.0. The molecule has 128 valence electrons. The van der Waals surface area contributed by atoms with E-state index < -0.39 is 0 Å². The number of hydrogen-bond donors (Lipinski definition) is 2. The molecule has 24 heavy (non-hydrogen) atoms. The number of halogens is 1. The average Bonchev–Trinajstić information content (AvgIpc) is 2.86. The van der Waals surface area contributed by atoms with Crippen LogP contribution in [0.1, 0.15) is 29.0 Å². The largest absolute Gasteiger partial charge is 0.451 e. The van der Waals surface area contributed by atoms with Gasteiger partial charge in [0.2, 0.25) is 5.91 Å². The molecule has 0 saturated carbocycles. The third-order valence-corrected chi connectivity index (χ3v) is 4.90. The Balaban J connectivity index is 1.66. The van der Waals surface area contributed by atoms with E-state index in [0.717, 1.165) is 41.4 Å². The summed E-state index contributed by atoms with van der Waals surface area (Å²) in [5.41, 5.74) is 6.76. The van der Waals surface area contributed by atoms with Gasteiger partial charge in [-0.05, 0) is 38.0 Å². The molecule has 7 heteroatoms. The zero-order valence-electron chi connectivity index (χ0n) is 13.5. The molecular weight excluding hydrogens is 374 g/mol. The summed E-state index contributed by atoms with van der Waals surface area (Å²) in [6.07, 6.45) is 1.59. The van der Waals surface area contributed by atoms with Crippen molar-refractivity contribution in [1.82, 2.24) is 10.2 Å². The molecule has 2 heterocycles. The van der Waals surface area contributed by atoms with Crippen LogP contribution < -0.4 is 11.1 Å². The molecule has 1 fully saturated rings. The number of nitrogens with one attached hydrogen (secondary N) is 1. The van der Waals surface area contributed by atoms with E-state index in [1.165, 1.54) is 0 Å². The number of nitrogens with zero attached hydrogens (tertiary/aromatic N) is 1. The summed E-state index contributed by atoms with van der Waals surface area (Å²) in [5.74, 6) is -0.141. The first kappa shape index (κ1) is 17.0. The van der Waals surface area contributed by atoms with Crippen LogP contribution in [-0.2, 0) is 4.79 Å². The summed E-state index contributed by atoms with van der Waals surface area (Å²) in [6, 6.07) is 5.78. The number of carbonyl (C=O) groups excluding carboxylic acids is 2. The third-order valence-electron chi connectivity index (χ3n) is 4.41. The van der Waals surface area contributed by atoms with Crippen molar-refractivity contribution in [1.29, 1.82) is 0 Å². The van der Waals surface area contributed by atoms with Gasteiger partial charge < -0.3 is 15.5 Å². The molecule has 1 aliphatic rings. The van der Waals surface area contributed by atoms with E-state index in [2.05, 4.69) is 21.2 Å². The van der Waals surface area contributed by atoms with Gasteiger partial charge in [-0.1, -0.05) is 15.9 Å². The van der Waals surface area contributed by atoms with E-state index >= 15 is 0 Å². The Kier molecular flexibility index (Phi) is 4.91. The van der Waals surface area contributed by atoms with Gasteiger partial charge in [0.25, 0.3) is 5.91 Å². The lowest BCUT2D eigenvalue weighted by Gasteiger charge is -2.31. The standard InChI is InChI=1S/C17H20BrN3O3/c1-10-13-8-11(18)2-3-14(13)24-16(10)17(23)20-12-4-6-21(7-5-12)9-15(19)22/h2-3,8,12H,4-7,9H2,1H3,(H2,19,22)(H,20,23). The van der Waals surface area contributed by atoms with Gasteiger partial charge in [-0.15, -0.1) is 0 Å². The molecule has 3 N–H and O–H groups in total. The van der Waals surface area contributed by atoms with Crippen LogP contribution in [0.25, 0.3) is 11.0 Å². The molecule has 1 saturated heterocycles. The van der Waals surface area contributed by atoms with Gasteiger partial charge in [-0.25, -0.2) is 0 Å². The minimum Gasteiger partial charge on any atom is -0.451 e. The van der Waals surface area contributed by atoms with Crippen LogP contribution in [0, 0.1) is 6.92 Å². The number of carbonyl (C=O) groups is 2. The fourth-order valence-electron chi connectivity index (χ4n) is 3.12. The topological polar surface area (TPSA) is 88.6 Å². The van der Waals surface area contributed by atoms with Gasteiger partial charge in [0.1, 0.15) is 5.58 Å². The minimum atomic E-state index is -0.318. The number of hydrogen-bond acceptors (Lipinski definition) is 4. The summed E-state index contributed by atoms with van der Waals surface area (Å²) in [4.78, 5) is 25.5. The Labute approximate surface area is 148 Å². The van der Waals surface area contributed by atoms with Gasteiger partial charge in [0.05, 0.1) is 6.54 Å². The van der Waals surface area contributed by atoms with Crippen LogP contribution in [0.15, 0.2) is 27.1 Å². The second-order valence-electron chi connectivity index (χ2n) is 6.19. The van der Waals surface area contributed by atoms with Gasteiger partial charge in [-0.3, -0.25) is 14.5 Å². The van der Waals surface area contributed by atoms with Crippen molar-refractivity contribution in [2.45, 2.75) is 25.8 Å². The molecule has 0 aliphatic carbocycles. The van der Waals surface area contributed by atoms with Crippen LogP contribution in [0.4, 0.5) is 0 Å². The van der Waals surface area contributed by atoms with E-state index in [9.17, 15) is 9.59 Å². The van der Waals surface area contributed by atoms with Crippen molar-refractivity contribution in [3.8, 4) is 0 Å². The van der Waals surface area contributed by atoms with Crippen molar-refractivity contribution >= 4 is 38.7 Å². The van der Waals surface area contributed by atoms with E-state index in [4.69, 9.17) is 10.2 Å². The Morgan fingerprint density at radius 3 is 2.75 bits per heavy atom. The van der Waals surface area contributed by atoms with Crippen LogP contribution in [0.3, 0.4) is 0 Å². The highest BCUT2D eigenvalue weighted by Crippen LogP contribution is 2.28. The van der Waals surface area contributed by atoms with E-state index in [1.54, 1.807) is 0 Å². The van der Waals surface area contributed by atoms with E-state index in [1.807, 2.05) is 30.0 Å². The minimum absolute atomic E-state index is 0.0842. The second-order valence-corrected chi connectivity index (χ2v) is 7.10. The maximum atomic E-state index is 12.5. The lowest BCUT2D eigenvalue weighted by molar-refractivity contribution is -0.119. The zero-order chi connectivity index (χ0) is 17.3. The Bertz CT molecular complexity index is 779. The molecule has 0 radical (unpaired) electrons. The Hall–Kier alpha value is -1.86. The highest BCUT2D eigenvalue weighted by molar-refractivity contribution is 9.10. The first-order chi connectivity index (χ1) is 11.4. The maximum Gasteiger partial charge on any atom is 0.287 e. The predicted octanol–water partition coefficient (Wildman–Crippen LogP) is 2.18. The van der Waals surface area contributed by atoms with Crippen LogP contribution >= 0.6 is 15.9 Å². The van der Waals surface area contributed by atoms with E-state index in [0.29, 0.717) is 11.3 Å². The molecule has 3 rings (SSSR count). The molecule has 0 bridgehead atoms. The summed E-state index contributed by atoms with van der Waals surface area (Å²) >= 11 is 3.44. The summed E-state index contributed by atoms with van der Waals surface area (Å²) < 4.78 is 6.68. The van der Waals surface area contributed by atoms with Crippen LogP contribution in [-0.4, -0.2) is 42.4 Å². The number of rotatable bonds is 4. The quantitative estimate of drug-likeness (QED) is 0.832. The summed E-state index contributed by atoms with van der Waals surface area (Å²) in [6.45, 7) is 3.67. The molecule has 0 atom stereocenters. The molecular formula is C17H20BrN3O3. The molecule has 0 unspecified atom stereocenters. The number of amides is 2. The van der Waals surface area contributed by atoms with Crippen molar-refractivity contribution in [2.75, 3.05) is 19.6 Å². The van der Waals surface area contributed by atoms with E-state index in [-0.39, 0.29) is 24.4 Å². The molecule has 6 nitrogen and oxygen atoms in total. The lowest BCUT2D eigenvalue weighted by Crippen LogP contribution is -2.46. The normalized spacial score (nSPS) is 16.4. The first-order valence-corrected chi connectivity index (χ1v) is 8.73. The summed E-state index contributed by atoms with van der Waals surface area (Å²) in [7, 11) is 0. The second kappa shape index (κ2) is 6.94. The SMILES string of the molecule is Cc1c(C(=O)NC2CCN(CC(N)=O)CC2)oc2ccc(Br)cc12. The Morgan fingerprint density at radius 2 is 2.08 bits per heavy atom. The summed E-state index contributed by atoms with van der Waals surface area (Å²) in [5, 5.41) is 3.97. The van der Waals surface area contributed by atoms with Gasteiger partial charge in [0, 0.05) is 34.6 Å². The van der Waals surface area contributed by atoms with Gasteiger partial charge >= 0.3 is 0 Å². The molecule has 1 aromatic carbocycles. The average molecular weight is 394 g/mol. The first-order valence-electron chi connectivity index (χ1n) is 7.94. The number of benzene rings is 1. The number of piperidine rings is 1. The Morgan fingerprint density at radius 1 is 1.38 bits per heavy atom. The van der Waals surface area contributed by atoms with Crippen LogP contribution in [0.2, 0.25) is 0 Å². The maximum absolute atomic E-state index is 12.5. The number of fused-ring (bicyclic) bond motifs is 1. The van der Waals surface area contributed by atoms with Gasteiger partial charge in [0.15, 0.2) is 5.76 Å². The molecule has 2 amide bonds. The monoisotopic (exact) mass is 393 g/mol.